The number of likely N-dealkylation sites (tertiary alicyclic amines) is 2. The molecule has 2 unspecified atom stereocenters. The van der Waals surface area contributed by atoms with Gasteiger partial charge < -0.3 is 49.3 Å². The van der Waals surface area contributed by atoms with E-state index >= 15 is 4.39 Å². The number of alkyl carbamates (subject to hydrolysis) is 2. The number of H-pyrrole nitrogens is 2. The maximum Gasteiger partial charge on any atom is 0.407 e. The molecule has 0 radical (unpaired) electrons. The van der Waals surface area contributed by atoms with Crippen molar-refractivity contribution < 1.29 is 42.5 Å². The van der Waals surface area contributed by atoms with E-state index in [4.69, 9.17) is 28.9 Å². The fourth-order valence-corrected chi connectivity index (χ4v) is 12.9. The number of hydrogen-bond donors (Lipinski definition) is 4. The van der Waals surface area contributed by atoms with Gasteiger partial charge in [0.25, 0.3) is 0 Å². The number of fused-ring (bicyclic) bond motifs is 5. The summed E-state index contributed by atoms with van der Waals surface area (Å²) in [5, 5.41) is 6.45. The highest BCUT2D eigenvalue weighted by Crippen LogP contribution is 2.50. The van der Waals surface area contributed by atoms with Gasteiger partial charge in [-0.1, -0.05) is 19.9 Å². The first-order valence-electron chi connectivity index (χ1n) is 25.6. The molecule has 384 valence electrons. The first-order chi connectivity index (χ1) is 35.3. The number of halogens is 1. The van der Waals surface area contributed by atoms with E-state index in [9.17, 15) is 19.2 Å². The SMILES string of the molecule is COC(=O)NC(C(=O)N1CCC[C@H]1c1ncc(-c2cc(F)c3c(c2)O[C@@H](c2ccc(C4CC4)s2)n2c-3cc3cc(-c4cnc([C@@H]5CCCN5C(=O)[C@@H](NC(=O)OC)C(C)C)[nH]4)ccc32)[nH]1)C1C[C@@H](C)O[C@@H](C)C1. The van der Waals surface area contributed by atoms with Crippen molar-refractivity contribution >= 4 is 46.2 Å². The first-order valence-corrected chi connectivity index (χ1v) is 26.4. The van der Waals surface area contributed by atoms with E-state index in [0.29, 0.717) is 78.2 Å². The Morgan fingerprint density at radius 1 is 0.781 bits per heavy atom. The van der Waals surface area contributed by atoms with Gasteiger partial charge in [0, 0.05) is 34.5 Å². The molecule has 8 heterocycles. The van der Waals surface area contributed by atoms with Crippen molar-refractivity contribution in [1.82, 2.24) is 44.9 Å². The lowest BCUT2D eigenvalue weighted by Gasteiger charge is -2.38. The van der Waals surface area contributed by atoms with Gasteiger partial charge in [-0.05, 0) is 125 Å². The highest BCUT2D eigenvalue weighted by molar-refractivity contribution is 7.12. The second kappa shape index (κ2) is 19.6. The largest absolute Gasteiger partial charge is 0.464 e. The molecule has 3 saturated heterocycles. The normalized spacial score (nSPS) is 23.5. The number of imidazole rings is 2. The molecule has 4 aliphatic heterocycles. The van der Waals surface area contributed by atoms with Crippen LogP contribution in [0.3, 0.4) is 0 Å². The van der Waals surface area contributed by atoms with Gasteiger partial charge >= 0.3 is 12.2 Å². The maximum atomic E-state index is 17.1. The molecule has 17 nitrogen and oxygen atoms in total. The fraction of sp³-hybridized carbons (Fsp3) is 0.481. The molecule has 11 rings (SSSR count). The van der Waals surface area contributed by atoms with E-state index in [0.717, 1.165) is 59.1 Å². The summed E-state index contributed by atoms with van der Waals surface area (Å²) >= 11 is 1.73. The Labute approximate surface area is 426 Å². The van der Waals surface area contributed by atoms with E-state index in [1.807, 2.05) is 52.0 Å². The molecule has 4 aromatic heterocycles. The van der Waals surface area contributed by atoms with Crippen LogP contribution in [0, 0.1) is 17.7 Å². The molecule has 19 heteroatoms. The van der Waals surface area contributed by atoms with Crippen LogP contribution in [-0.2, 0) is 23.8 Å². The van der Waals surface area contributed by atoms with Crippen LogP contribution in [0.2, 0.25) is 0 Å². The van der Waals surface area contributed by atoms with Crippen molar-refractivity contribution in [3.05, 3.63) is 88.1 Å². The molecule has 0 spiro atoms. The van der Waals surface area contributed by atoms with E-state index in [1.165, 1.54) is 25.2 Å². The first kappa shape index (κ1) is 48.5. The van der Waals surface area contributed by atoms with Gasteiger partial charge in [0.15, 0.2) is 0 Å². The molecule has 4 fully saturated rings. The second-order valence-electron chi connectivity index (χ2n) is 20.7. The summed E-state index contributed by atoms with van der Waals surface area (Å²) in [6, 6.07) is 13.6. The predicted octanol–water partition coefficient (Wildman–Crippen LogP) is 9.74. The third kappa shape index (κ3) is 9.23. The molecule has 4 N–H and O–H groups in total. The molecule has 6 aromatic rings. The molecule has 5 aliphatic rings. The Bertz CT molecular complexity index is 3080. The van der Waals surface area contributed by atoms with Crippen LogP contribution in [0.5, 0.6) is 5.75 Å². The monoisotopic (exact) mass is 1020 g/mol. The average molecular weight is 1020 g/mol. The number of ether oxygens (including phenoxy) is 4. The minimum Gasteiger partial charge on any atom is -0.464 e. The summed E-state index contributed by atoms with van der Waals surface area (Å²) < 4.78 is 41.8. The zero-order valence-electron chi connectivity index (χ0n) is 41.9. The molecule has 2 aromatic carbocycles. The fourth-order valence-electron chi connectivity index (χ4n) is 11.7. The number of amides is 4. The Balaban J connectivity index is 0.893. The summed E-state index contributed by atoms with van der Waals surface area (Å²) in [4.78, 5) is 75.5. The van der Waals surface area contributed by atoms with Gasteiger partial charge in [-0.3, -0.25) is 14.2 Å². The van der Waals surface area contributed by atoms with Crippen molar-refractivity contribution in [2.24, 2.45) is 11.8 Å². The van der Waals surface area contributed by atoms with Gasteiger partial charge in [0.1, 0.15) is 35.3 Å². The highest BCUT2D eigenvalue weighted by atomic mass is 32.1. The zero-order valence-corrected chi connectivity index (χ0v) is 42.7. The third-order valence-corrected chi connectivity index (χ3v) is 16.6. The number of rotatable bonds is 12. The number of thiophene rings is 1. The van der Waals surface area contributed by atoms with Crippen molar-refractivity contribution in [2.75, 3.05) is 27.3 Å². The number of nitrogens with one attached hydrogen (secondary N) is 4. The van der Waals surface area contributed by atoms with E-state index in [1.54, 1.807) is 33.5 Å². The van der Waals surface area contributed by atoms with Crippen LogP contribution < -0.4 is 15.4 Å². The van der Waals surface area contributed by atoms with Gasteiger partial charge in [-0.15, -0.1) is 11.3 Å². The van der Waals surface area contributed by atoms with Crippen molar-refractivity contribution in [1.29, 1.82) is 0 Å². The molecular formula is C54H62FN9O8S. The second-order valence-corrected chi connectivity index (χ2v) is 21.8. The summed E-state index contributed by atoms with van der Waals surface area (Å²) in [5.74, 6) is 1.07. The zero-order chi connectivity index (χ0) is 50.8. The molecular weight excluding hydrogens is 954 g/mol. The van der Waals surface area contributed by atoms with E-state index < -0.39 is 36.3 Å². The summed E-state index contributed by atoms with van der Waals surface area (Å²) in [5.41, 5.74) is 4.69. The topological polar surface area (TPSA) is 198 Å². The Morgan fingerprint density at radius 2 is 1.41 bits per heavy atom. The molecule has 73 heavy (non-hydrogen) atoms. The summed E-state index contributed by atoms with van der Waals surface area (Å²) in [7, 11) is 2.57. The van der Waals surface area contributed by atoms with Gasteiger partial charge in [0.05, 0.1) is 83.9 Å². The number of benzene rings is 2. The summed E-state index contributed by atoms with van der Waals surface area (Å²) in [6.07, 6.45) is 7.96. The number of carbonyl (C=O) groups excluding carboxylic acids is 4. The molecule has 8 atom stereocenters. The quantitative estimate of drug-likeness (QED) is 0.0916. The lowest BCUT2D eigenvalue weighted by atomic mass is 9.85. The van der Waals surface area contributed by atoms with Gasteiger partial charge in [0.2, 0.25) is 18.0 Å². The van der Waals surface area contributed by atoms with Crippen LogP contribution >= 0.6 is 11.3 Å². The molecule has 4 amide bonds. The third-order valence-electron chi connectivity index (χ3n) is 15.3. The highest BCUT2D eigenvalue weighted by Gasteiger charge is 2.43. The van der Waals surface area contributed by atoms with Crippen molar-refractivity contribution in [2.45, 2.75) is 128 Å². The minimum atomic E-state index is -0.796. The molecule has 1 saturated carbocycles. The van der Waals surface area contributed by atoms with Crippen molar-refractivity contribution in [3.8, 4) is 39.5 Å². The van der Waals surface area contributed by atoms with Crippen LogP contribution in [0.15, 0.2) is 60.9 Å². The lowest BCUT2D eigenvalue weighted by Crippen LogP contribution is -2.54. The summed E-state index contributed by atoms with van der Waals surface area (Å²) in [6.45, 7) is 8.79. The number of aromatic amines is 2. The number of aromatic nitrogens is 5. The smallest absolute Gasteiger partial charge is 0.407 e. The number of methoxy groups -OCH3 is 2. The number of nitrogens with zero attached hydrogens (tertiary/aromatic N) is 5. The van der Waals surface area contributed by atoms with Gasteiger partial charge in [-0.25, -0.2) is 23.9 Å². The van der Waals surface area contributed by atoms with Crippen molar-refractivity contribution in [3.63, 3.8) is 0 Å². The van der Waals surface area contributed by atoms with Crippen LogP contribution in [0.25, 0.3) is 44.7 Å². The Morgan fingerprint density at radius 3 is 2.05 bits per heavy atom. The van der Waals surface area contributed by atoms with E-state index in [-0.39, 0.29) is 47.9 Å². The molecule has 1 aliphatic carbocycles. The number of hydrogen-bond acceptors (Lipinski definition) is 11. The standard InChI is InChI=1S/C54H62FN9O8S/c1-27(2)46(60-53(67)69-5)50(65)62-17-7-9-39(62)48-56-25-36(58-48)31-13-14-38-33(21-31)23-41-45-35(55)22-32(24-42(45)72-52(64(38)41)44-16-15-43(73-44)30-11-12-30)37-26-57-49(59-37)40-10-8-18-63(40)51(66)47(61-54(68)70-6)34-19-28(3)71-29(4)20-34/h13-16,21-30,34,39-40,46-47,52H,7-12,17-20H2,1-6H3,(H,56,58)(H,57,59)(H,60,67)(H,61,68)/t28-,29+,34?,39-,40-,46-,47?,52-/m0/s1. The van der Waals surface area contributed by atoms with Crippen LogP contribution in [0.1, 0.15) is 125 Å². The Kier molecular flexibility index (Phi) is 13.0. The van der Waals surface area contributed by atoms with Crippen LogP contribution in [-0.4, -0.2) is 110 Å². The van der Waals surface area contributed by atoms with E-state index in [2.05, 4.69) is 43.4 Å². The van der Waals surface area contributed by atoms with Gasteiger partial charge in [-0.2, -0.15) is 0 Å². The number of carbonyl (C=O) groups is 4. The predicted molar refractivity (Wildman–Crippen MR) is 271 cm³/mol. The van der Waals surface area contributed by atoms with Crippen LogP contribution in [0.4, 0.5) is 14.0 Å². The lowest BCUT2D eigenvalue weighted by molar-refractivity contribution is -0.138. The minimum absolute atomic E-state index is 0.0647. The molecule has 0 bridgehead atoms. The Hall–Kier alpha value is -6.73. The maximum absolute atomic E-state index is 17.1. The average Bonchev–Trinajstić information content (AvgIpc) is 4.11.